The highest BCUT2D eigenvalue weighted by Gasteiger charge is 2.49. The van der Waals surface area contributed by atoms with Crippen molar-refractivity contribution in [2.75, 3.05) is 39.3 Å². The van der Waals surface area contributed by atoms with Crippen molar-refractivity contribution < 1.29 is 0 Å². The monoisotopic (exact) mass is 292 g/mol. The summed E-state index contributed by atoms with van der Waals surface area (Å²) in [6.07, 6.45) is 2.54. The molecule has 112 valence electrons. The first-order valence-corrected chi connectivity index (χ1v) is 8.71. The van der Waals surface area contributed by atoms with Gasteiger partial charge in [0.2, 0.25) is 0 Å². The van der Waals surface area contributed by atoms with Crippen molar-refractivity contribution in [2.45, 2.75) is 12.8 Å². The van der Waals surface area contributed by atoms with Gasteiger partial charge in [-0.15, -0.1) is 0 Å². The average molecular weight is 292 g/mol. The smallest absolute Gasteiger partial charge is 0.136 e. The molecule has 2 heteroatoms. The van der Waals surface area contributed by atoms with Crippen molar-refractivity contribution in [3.63, 3.8) is 0 Å². The summed E-state index contributed by atoms with van der Waals surface area (Å²) in [5.41, 5.74) is 6.43. The van der Waals surface area contributed by atoms with Crippen molar-refractivity contribution in [3.8, 4) is 0 Å². The summed E-state index contributed by atoms with van der Waals surface area (Å²) < 4.78 is 2.50. The van der Waals surface area contributed by atoms with Crippen LogP contribution in [0, 0.1) is 0 Å². The summed E-state index contributed by atoms with van der Waals surface area (Å²) in [4.78, 5) is 0. The van der Waals surface area contributed by atoms with E-state index in [1.54, 1.807) is 22.5 Å². The first-order chi connectivity index (χ1) is 10.8. The number of rotatable bonds is 0. The summed E-state index contributed by atoms with van der Waals surface area (Å²) >= 11 is 0. The normalized spacial score (nSPS) is 32.4. The Morgan fingerprint density at radius 2 is 0.909 bits per heavy atom. The van der Waals surface area contributed by atoms with E-state index in [0.717, 1.165) is 0 Å². The topological polar surface area (TPSA) is 0 Å². The number of hydrogen-bond acceptors (Lipinski definition) is 0. The van der Waals surface area contributed by atoms with E-state index in [4.69, 9.17) is 0 Å². The lowest BCUT2D eigenvalue weighted by Gasteiger charge is -2.46. The lowest BCUT2D eigenvalue weighted by molar-refractivity contribution is 0.154. The molecular weight excluding hydrogens is 268 g/mol. The molecule has 2 aromatic carbocycles. The Hall–Kier alpha value is -1.64. The van der Waals surface area contributed by atoms with Gasteiger partial charge in [0.15, 0.2) is 0 Å². The van der Waals surface area contributed by atoms with E-state index in [2.05, 4.69) is 48.5 Å². The Bertz CT molecular complexity index is 662. The molecule has 2 aromatic rings. The lowest BCUT2D eigenvalue weighted by atomic mass is 10.1. The Labute approximate surface area is 132 Å². The van der Waals surface area contributed by atoms with E-state index < -0.39 is 0 Å². The van der Waals surface area contributed by atoms with Crippen LogP contribution in [0.4, 0.5) is 11.4 Å². The van der Waals surface area contributed by atoms with Crippen LogP contribution in [-0.4, -0.2) is 39.3 Å². The second kappa shape index (κ2) is 4.43. The van der Waals surface area contributed by atoms with Crippen LogP contribution in [-0.2, 0) is 12.8 Å². The molecule has 2 nitrogen and oxygen atoms in total. The summed E-state index contributed by atoms with van der Waals surface area (Å²) in [6.45, 7) is 7.88. The fourth-order valence-electron chi connectivity index (χ4n) is 5.20. The third-order valence-electron chi connectivity index (χ3n) is 6.54. The van der Waals surface area contributed by atoms with Crippen LogP contribution >= 0.6 is 0 Å². The van der Waals surface area contributed by atoms with Crippen LogP contribution in [0.5, 0.6) is 0 Å². The number of hydrogen-bond donors (Lipinski definition) is 0. The fraction of sp³-hybridized carbons (Fsp3) is 0.400. The van der Waals surface area contributed by atoms with Crippen molar-refractivity contribution >= 4 is 11.4 Å². The van der Waals surface area contributed by atoms with E-state index in [-0.39, 0.29) is 0 Å². The second-order valence-corrected chi connectivity index (χ2v) is 7.39. The van der Waals surface area contributed by atoms with E-state index in [9.17, 15) is 0 Å². The Morgan fingerprint density at radius 1 is 0.500 bits per heavy atom. The molecule has 0 N–H and O–H groups in total. The van der Waals surface area contributed by atoms with Gasteiger partial charge in [-0.2, -0.15) is 0 Å². The van der Waals surface area contributed by atoms with Crippen LogP contribution in [0.1, 0.15) is 11.1 Å². The van der Waals surface area contributed by atoms with E-state index in [1.807, 2.05) is 0 Å². The quantitative estimate of drug-likeness (QED) is 0.655. The molecule has 1 saturated heterocycles. The van der Waals surface area contributed by atoms with Crippen molar-refractivity contribution in [3.05, 3.63) is 59.7 Å². The van der Waals surface area contributed by atoms with Crippen LogP contribution in [0.2, 0.25) is 0 Å². The number of benzene rings is 2. The van der Waals surface area contributed by atoms with Gasteiger partial charge < -0.3 is 0 Å². The molecule has 0 bridgehead atoms. The Kier molecular flexibility index (Phi) is 2.59. The van der Waals surface area contributed by atoms with E-state index in [1.165, 1.54) is 61.1 Å². The van der Waals surface area contributed by atoms with Gasteiger partial charge in [0, 0.05) is 24.0 Å². The average Bonchev–Trinajstić information content (AvgIpc) is 3.12. The van der Waals surface area contributed by atoms with Gasteiger partial charge in [-0.3, -0.25) is 8.97 Å². The van der Waals surface area contributed by atoms with Gasteiger partial charge in [-0.05, 0) is 12.1 Å². The number of piperazine rings is 1. The third kappa shape index (κ3) is 1.62. The first kappa shape index (κ1) is 12.9. The Morgan fingerprint density at radius 3 is 1.36 bits per heavy atom. The van der Waals surface area contributed by atoms with Crippen molar-refractivity contribution in [1.82, 2.24) is 8.97 Å². The third-order valence-corrected chi connectivity index (χ3v) is 6.54. The van der Waals surface area contributed by atoms with Gasteiger partial charge in [0.05, 0.1) is 13.1 Å². The molecule has 0 aliphatic carbocycles. The molecule has 0 radical (unpaired) electrons. The maximum absolute atomic E-state index is 2.38. The van der Waals surface area contributed by atoms with Gasteiger partial charge in [0.25, 0.3) is 0 Å². The summed E-state index contributed by atoms with van der Waals surface area (Å²) in [6, 6.07) is 18.3. The first-order valence-electron chi connectivity index (χ1n) is 8.71. The van der Waals surface area contributed by atoms with Crippen LogP contribution in [0.25, 0.3) is 0 Å². The van der Waals surface area contributed by atoms with Crippen LogP contribution in [0.3, 0.4) is 0 Å². The highest BCUT2D eigenvalue weighted by molar-refractivity contribution is 5.58. The fourth-order valence-corrected chi connectivity index (χ4v) is 5.20. The number of para-hydroxylation sites is 2. The molecule has 0 unspecified atom stereocenters. The molecule has 0 saturated carbocycles. The van der Waals surface area contributed by atoms with Crippen LogP contribution < -0.4 is 8.97 Å². The SMILES string of the molecule is c1ccc2c(c1)CC[N+]21CC[N+]2(CCc3ccccc32)CC1. The molecule has 5 rings (SSSR count). The molecule has 0 atom stereocenters. The van der Waals surface area contributed by atoms with Crippen LogP contribution in [0.15, 0.2) is 48.5 Å². The van der Waals surface area contributed by atoms with Gasteiger partial charge in [0.1, 0.15) is 37.6 Å². The van der Waals surface area contributed by atoms with E-state index >= 15 is 0 Å². The van der Waals surface area contributed by atoms with E-state index in [0.29, 0.717) is 0 Å². The molecule has 0 amide bonds. The highest BCUT2D eigenvalue weighted by Crippen LogP contribution is 2.41. The second-order valence-electron chi connectivity index (χ2n) is 7.39. The minimum Gasteiger partial charge on any atom is -0.281 e. The Balaban J connectivity index is 1.48. The lowest BCUT2D eigenvalue weighted by Crippen LogP contribution is -2.67. The van der Waals surface area contributed by atoms with Gasteiger partial charge >= 0.3 is 0 Å². The summed E-state index contributed by atoms with van der Waals surface area (Å²) in [7, 11) is 0. The molecule has 3 heterocycles. The minimum absolute atomic E-state index is 1.25. The zero-order valence-corrected chi connectivity index (χ0v) is 13.2. The highest BCUT2D eigenvalue weighted by atomic mass is 15.5. The number of fused-ring (bicyclic) bond motifs is 4. The molecule has 22 heavy (non-hydrogen) atoms. The standard InChI is InChI=1S/C20H24N2/c1-3-7-19-17(5-1)9-11-21(19)13-15-22(16-14-21)12-10-18-6-2-4-8-20(18)22/h1-8H,9-16H2/q+2. The summed E-state index contributed by atoms with van der Waals surface area (Å²) in [5.74, 6) is 0. The maximum atomic E-state index is 2.38. The molecular formula is C20H24N2+2. The van der Waals surface area contributed by atoms with Crippen molar-refractivity contribution in [1.29, 1.82) is 0 Å². The summed E-state index contributed by atoms with van der Waals surface area (Å²) in [5, 5.41) is 0. The predicted octanol–water partition coefficient (Wildman–Crippen LogP) is 3.13. The largest absolute Gasteiger partial charge is 0.281 e. The molecule has 0 aromatic heterocycles. The zero-order valence-electron chi connectivity index (χ0n) is 13.2. The zero-order chi connectivity index (χ0) is 14.6. The number of quaternary nitrogens is 2. The number of nitrogens with zero attached hydrogens (tertiary/aromatic N) is 2. The van der Waals surface area contributed by atoms with Crippen molar-refractivity contribution in [2.24, 2.45) is 0 Å². The van der Waals surface area contributed by atoms with Gasteiger partial charge in [-0.1, -0.05) is 36.4 Å². The molecule has 3 aliphatic heterocycles. The van der Waals surface area contributed by atoms with Gasteiger partial charge in [-0.25, -0.2) is 0 Å². The predicted molar refractivity (Wildman–Crippen MR) is 93.1 cm³/mol. The minimum atomic E-state index is 1.25. The molecule has 1 fully saturated rings. The maximum Gasteiger partial charge on any atom is 0.136 e. The molecule has 2 spiro atoms. The molecule has 3 aliphatic rings.